The highest BCUT2D eigenvalue weighted by atomic mass is 16.3. The average Bonchev–Trinajstić information content (AvgIpc) is 2.72. The van der Waals surface area contributed by atoms with Crippen LogP contribution in [0.15, 0.2) is 91.0 Å². The first-order valence-electron chi connectivity index (χ1n) is 9.78. The van der Waals surface area contributed by atoms with Crippen LogP contribution in [0, 0.1) is 5.92 Å². The molecule has 0 radical (unpaired) electrons. The minimum absolute atomic E-state index is 0.0973. The minimum Gasteiger partial charge on any atom is -0.389 e. The summed E-state index contributed by atoms with van der Waals surface area (Å²) in [5, 5.41) is 15.6. The SMILES string of the molecule is C[C@H]1[C@@H](c2ccccc2)N[C@H](c2ccccc2)C[C@@]1(O)Cc1ccccc1. The van der Waals surface area contributed by atoms with Gasteiger partial charge >= 0.3 is 0 Å². The van der Waals surface area contributed by atoms with Crippen molar-refractivity contribution in [2.75, 3.05) is 0 Å². The topological polar surface area (TPSA) is 32.3 Å². The van der Waals surface area contributed by atoms with E-state index in [1.165, 1.54) is 16.7 Å². The maximum absolute atomic E-state index is 11.8. The monoisotopic (exact) mass is 357 g/mol. The third-order valence-electron chi connectivity index (χ3n) is 6.00. The van der Waals surface area contributed by atoms with E-state index in [1.807, 2.05) is 30.3 Å². The molecular weight excluding hydrogens is 330 g/mol. The number of rotatable bonds is 4. The van der Waals surface area contributed by atoms with E-state index < -0.39 is 5.60 Å². The van der Waals surface area contributed by atoms with Crippen LogP contribution in [0.3, 0.4) is 0 Å². The van der Waals surface area contributed by atoms with Crippen molar-refractivity contribution in [3.8, 4) is 0 Å². The molecule has 0 spiro atoms. The first-order chi connectivity index (χ1) is 13.2. The molecule has 1 saturated heterocycles. The molecule has 138 valence electrons. The standard InChI is InChI=1S/C25H27NO/c1-19-24(22-15-9-4-10-16-22)26-23(21-13-7-3-8-14-21)18-25(19,27)17-20-11-5-2-6-12-20/h2-16,19,23-24,26-27H,17-18H2,1H3/t19-,23-,24-,25-/m0/s1. The molecule has 1 aliphatic rings. The van der Waals surface area contributed by atoms with E-state index in [-0.39, 0.29) is 18.0 Å². The number of nitrogens with one attached hydrogen (secondary N) is 1. The largest absolute Gasteiger partial charge is 0.389 e. The van der Waals surface area contributed by atoms with Gasteiger partial charge in [0.05, 0.1) is 5.60 Å². The lowest BCUT2D eigenvalue weighted by Gasteiger charge is -2.48. The summed E-state index contributed by atoms with van der Waals surface area (Å²) in [6.45, 7) is 2.18. The van der Waals surface area contributed by atoms with Gasteiger partial charge in [-0.3, -0.25) is 0 Å². The van der Waals surface area contributed by atoms with Gasteiger partial charge in [0.15, 0.2) is 0 Å². The molecule has 1 aliphatic heterocycles. The lowest BCUT2D eigenvalue weighted by molar-refractivity contribution is -0.0674. The number of benzene rings is 3. The highest BCUT2D eigenvalue weighted by Crippen LogP contribution is 2.44. The van der Waals surface area contributed by atoms with Crippen molar-refractivity contribution in [3.05, 3.63) is 108 Å². The predicted octanol–water partition coefficient (Wildman–Crippen LogP) is 5.07. The second kappa shape index (κ2) is 7.67. The van der Waals surface area contributed by atoms with Crippen molar-refractivity contribution in [3.63, 3.8) is 0 Å². The number of hydrogen-bond acceptors (Lipinski definition) is 2. The molecule has 1 heterocycles. The van der Waals surface area contributed by atoms with Crippen molar-refractivity contribution < 1.29 is 5.11 Å². The summed E-state index contributed by atoms with van der Waals surface area (Å²) in [5.41, 5.74) is 2.88. The summed E-state index contributed by atoms with van der Waals surface area (Å²) in [6.07, 6.45) is 1.37. The van der Waals surface area contributed by atoms with Gasteiger partial charge in [0.1, 0.15) is 0 Å². The van der Waals surface area contributed by atoms with Crippen LogP contribution < -0.4 is 5.32 Å². The van der Waals surface area contributed by atoms with Crippen LogP contribution in [0.5, 0.6) is 0 Å². The maximum Gasteiger partial charge on any atom is 0.0749 e. The van der Waals surface area contributed by atoms with Gasteiger partial charge in [0.25, 0.3) is 0 Å². The van der Waals surface area contributed by atoms with Gasteiger partial charge in [0.2, 0.25) is 0 Å². The lowest BCUT2D eigenvalue weighted by Crippen LogP contribution is -2.53. The molecule has 2 nitrogen and oxygen atoms in total. The molecule has 27 heavy (non-hydrogen) atoms. The Hall–Kier alpha value is -2.42. The fourth-order valence-corrected chi connectivity index (χ4v) is 4.40. The molecule has 0 aliphatic carbocycles. The van der Waals surface area contributed by atoms with E-state index in [4.69, 9.17) is 0 Å². The van der Waals surface area contributed by atoms with Crippen molar-refractivity contribution >= 4 is 0 Å². The fraction of sp³-hybridized carbons (Fsp3) is 0.280. The highest BCUT2D eigenvalue weighted by Gasteiger charge is 2.45. The van der Waals surface area contributed by atoms with E-state index in [0.29, 0.717) is 12.8 Å². The Morgan fingerprint density at radius 3 is 1.93 bits per heavy atom. The number of aliphatic hydroxyl groups is 1. The summed E-state index contributed by atoms with van der Waals surface area (Å²) in [4.78, 5) is 0. The number of piperidine rings is 1. The van der Waals surface area contributed by atoms with Gasteiger partial charge in [-0.2, -0.15) is 0 Å². The molecule has 0 saturated carbocycles. The van der Waals surface area contributed by atoms with Crippen LogP contribution in [0.1, 0.15) is 42.1 Å². The molecule has 3 aromatic carbocycles. The van der Waals surface area contributed by atoms with Crippen molar-refractivity contribution in [2.45, 2.75) is 37.5 Å². The molecule has 4 rings (SSSR count). The Bertz CT molecular complexity index is 849. The van der Waals surface area contributed by atoms with Gasteiger partial charge in [-0.25, -0.2) is 0 Å². The van der Waals surface area contributed by atoms with E-state index in [9.17, 15) is 5.11 Å². The van der Waals surface area contributed by atoms with E-state index in [2.05, 4.69) is 72.9 Å². The zero-order valence-corrected chi connectivity index (χ0v) is 15.8. The highest BCUT2D eigenvalue weighted by molar-refractivity contribution is 5.28. The summed E-state index contributed by atoms with van der Waals surface area (Å²) in [7, 11) is 0. The van der Waals surface area contributed by atoms with Gasteiger partial charge in [-0.1, -0.05) is 97.9 Å². The van der Waals surface area contributed by atoms with E-state index in [1.54, 1.807) is 0 Å². The molecule has 3 aromatic rings. The van der Waals surface area contributed by atoms with Gasteiger partial charge in [-0.05, 0) is 23.1 Å². The number of hydrogen-bond donors (Lipinski definition) is 2. The Kier molecular flexibility index (Phi) is 5.11. The fourth-order valence-electron chi connectivity index (χ4n) is 4.40. The second-order valence-corrected chi connectivity index (χ2v) is 7.78. The Morgan fingerprint density at radius 1 is 0.815 bits per heavy atom. The van der Waals surface area contributed by atoms with Crippen LogP contribution in [0.2, 0.25) is 0 Å². The van der Waals surface area contributed by atoms with Gasteiger partial charge in [-0.15, -0.1) is 0 Å². The van der Waals surface area contributed by atoms with Crippen molar-refractivity contribution in [1.82, 2.24) is 5.32 Å². The van der Waals surface area contributed by atoms with E-state index >= 15 is 0 Å². The first-order valence-corrected chi connectivity index (χ1v) is 9.78. The van der Waals surface area contributed by atoms with Crippen LogP contribution in [0.25, 0.3) is 0 Å². The molecule has 0 aromatic heterocycles. The second-order valence-electron chi connectivity index (χ2n) is 7.78. The summed E-state index contributed by atoms with van der Waals surface area (Å²) in [6, 6.07) is 31.6. The first kappa shape index (κ1) is 18.0. The molecule has 0 unspecified atom stereocenters. The summed E-state index contributed by atoms with van der Waals surface area (Å²) in [5.74, 6) is 0.0973. The zero-order chi connectivity index (χ0) is 18.7. The van der Waals surface area contributed by atoms with Crippen LogP contribution in [-0.2, 0) is 6.42 Å². The molecule has 0 bridgehead atoms. The quantitative estimate of drug-likeness (QED) is 0.683. The smallest absolute Gasteiger partial charge is 0.0749 e. The van der Waals surface area contributed by atoms with Crippen LogP contribution >= 0.6 is 0 Å². The van der Waals surface area contributed by atoms with E-state index in [0.717, 1.165) is 0 Å². The van der Waals surface area contributed by atoms with Gasteiger partial charge in [0, 0.05) is 24.4 Å². The van der Waals surface area contributed by atoms with Crippen LogP contribution in [0.4, 0.5) is 0 Å². The predicted molar refractivity (Wildman–Crippen MR) is 110 cm³/mol. The molecule has 4 atom stereocenters. The third kappa shape index (κ3) is 3.83. The third-order valence-corrected chi connectivity index (χ3v) is 6.00. The summed E-state index contributed by atoms with van der Waals surface area (Å²) < 4.78 is 0. The van der Waals surface area contributed by atoms with Gasteiger partial charge < -0.3 is 10.4 Å². The maximum atomic E-state index is 11.8. The summed E-state index contributed by atoms with van der Waals surface area (Å²) >= 11 is 0. The zero-order valence-electron chi connectivity index (χ0n) is 15.8. The molecule has 2 heteroatoms. The molecular formula is C25H27NO. The minimum atomic E-state index is -0.770. The van der Waals surface area contributed by atoms with Crippen molar-refractivity contribution in [2.24, 2.45) is 5.92 Å². The lowest BCUT2D eigenvalue weighted by atomic mass is 9.69. The molecule has 1 fully saturated rings. The Balaban J connectivity index is 1.70. The Morgan fingerprint density at radius 2 is 1.33 bits per heavy atom. The Labute approximate surface area is 161 Å². The van der Waals surface area contributed by atoms with Crippen molar-refractivity contribution in [1.29, 1.82) is 0 Å². The van der Waals surface area contributed by atoms with Crippen LogP contribution in [-0.4, -0.2) is 10.7 Å². The normalized spacial score (nSPS) is 28.0. The average molecular weight is 357 g/mol. The molecule has 2 N–H and O–H groups in total. The molecule has 0 amide bonds.